The van der Waals surface area contributed by atoms with Crippen LogP contribution in [0.2, 0.25) is 5.02 Å². The quantitative estimate of drug-likeness (QED) is 0.288. The Hall–Kier alpha value is -3.33. The molecule has 9 nitrogen and oxygen atoms in total. The van der Waals surface area contributed by atoms with Gasteiger partial charge in [-0.3, -0.25) is 9.59 Å². The van der Waals surface area contributed by atoms with E-state index in [-0.39, 0.29) is 5.69 Å². The van der Waals surface area contributed by atoms with Crippen LogP contribution in [-0.2, 0) is 9.59 Å². The van der Waals surface area contributed by atoms with Crippen LogP contribution in [-0.4, -0.2) is 44.2 Å². The summed E-state index contributed by atoms with van der Waals surface area (Å²) in [5.41, 5.74) is 0.598. The third-order valence-corrected chi connectivity index (χ3v) is 4.55. The first-order valence-corrected chi connectivity index (χ1v) is 11.4. The van der Waals surface area contributed by atoms with Gasteiger partial charge in [0.15, 0.2) is 28.8 Å². The summed E-state index contributed by atoms with van der Waals surface area (Å²) in [6.07, 6.45) is 0. The van der Waals surface area contributed by atoms with Crippen LogP contribution in [0.1, 0.15) is 34.6 Å². The molecule has 0 fully saturated rings. The number of hydrogen-bond donors (Lipinski definition) is 1. The van der Waals surface area contributed by atoms with Crippen molar-refractivity contribution < 1.29 is 28.5 Å². The average Bonchev–Trinajstić information content (AvgIpc) is 2.78. The number of halogens is 1. The molecule has 0 heterocycles. The first kappa shape index (κ1) is 26.9. The SMILES string of the molecule is CCOc1cccc(N=NC(C(C)=O)C(=O)Nc2cc(Cl)cc(OCC)c2OCC)c1OCC. The van der Waals surface area contributed by atoms with Crippen LogP contribution >= 0.6 is 11.6 Å². The molecule has 0 aliphatic carbocycles. The van der Waals surface area contributed by atoms with Gasteiger partial charge in [-0.2, -0.15) is 10.2 Å². The highest BCUT2D eigenvalue weighted by molar-refractivity contribution is 6.31. The van der Waals surface area contributed by atoms with Gasteiger partial charge in [-0.25, -0.2) is 0 Å². The number of ether oxygens (including phenoxy) is 4. The zero-order valence-electron chi connectivity index (χ0n) is 20.0. The highest BCUT2D eigenvalue weighted by atomic mass is 35.5. The van der Waals surface area contributed by atoms with Crippen molar-refractivity contribution in [1.82, 2.24) is 0 Å². The third-order valence-electron chi connectivity index (χ3n) is 4.33. The van der Waals surface area contributed by atoms with E-state index in [1.165, 1.54) is 13.0 Å². The number of nitrogens with zero attached hydrogens (tertiary/aromatic N) is 2. The zero-order chi connectivity index (χ0) is 25.1. The summed E-state index contributed by atoms with van der Waals surface area (Å²) in [6.45, 7) is 10.1. The van der Waals surface area contributed by atoms with Crippen LogP contribution in [0, 0.1) is 0 Å². The molecule has 0 spiro atoms. The second kappa shape index (κ2) is 13.4. The number of Topliss-reactive ketones (excluding diaryl/α,β-unsaturated/α-hetero) is 1. The molecule has 1 amide bonds. The second-order valence-electron chi connectivity index (χ2n) is 6.83. The Labute approximate surface area is 204 Å². The number of hydrogen-bond acceptors (Lipinski definition) is 8. The van der Waals surface area contributed by atoms with E-state index in [4.69, 9.17) is 30.5 Å². The lowest BCUT2D eigenvalue weighted by atomic mass is 10.2. The van der Waals surface area contributed by atoms with Crippen LogP contribution in [0.15, 0.2) is 40.6 Å². The minimum Gasteiger partial charge on any atom is -0.490 e. The van der Waals surface area contributed by atoms with Crippen molar-refractivity contribution >= 4 is 34.7 Å². The number of benzene rings is 2. The van der Waals surface area contributed by atoms with Crippen LogP contribution in [0.5, 0.6) is 23.0 Å². The smallest absolute Gasteiger partial charge is 0.258 e. The fourth-order valence-corrected chi connectivity index (χ4v) is 3.21. The van der Waals surface area contributed by atoms with Gasteiger partial charge in [-0.15, -0.1) is 0 Å². The molecular weight excluding hydrogens is 462 g/mol. The number of carbonyl (C=O) groups is 2. The van der Waals surface area contributed by atoms with E-state index >= 15 is 0 Å². The van der Waals surface area contributed by atoms with Crippen molar-refractivity contribution in [2.24, 2.45) is 10.2 Å². The molecule has 184 valence electrons. The molecule has 1 atom stereocenters. The molecule has 0 aliphatic heterocycles. The molecule has 0 radical (unpaired) electrons. The molecule has 1 unspecified atom stereocenters. The van der Waals surface area contributed by atoms with Gasteiger partial charge < -0.3 is 24.3 Å². The molecule has 0 aromatic heterocycles. The molecule has 2 aromatic rings. The van der Waals surface area contributed by atoms with Crippen LogP contribution in [0.3, 0.4) is 0 Å². The minimum atomic E-state index is -1.41. The Morgan fingerprint density at radius 2 is 1.53 bits per heavy atom. The fraction of sp³-hybridized carbons (Fsp3) is 0.417. The van der Waals surface area contributed by atoms with E-state index in [1.54, 1.807) is 31.2 Å². The number of amides is 1. The molecule has 0 saturated carbocycles. The predicted octanol–water partition coefficient (Wildman–Crippen LogP) is 5.61. The standard InChI is InChI=1S/C24H30ClN3O6/c1-6-31-19-12-10-11-17(22(19)33-8-3)27-28-21(15(5)29)24(30)26-18-13-16(25)14-20(32-7-2)23(18)34-9-4/h10-14,21H,6-9H2,1-5H3,(H,26,30). The molecule has 2 aromatic carbocycles. The van der Waals surface area contributed by atoms with Gasteiger partial charge in [0.05, 0.1) is 32.1 Å². The Bertz CT molecular complexity index is 1030. The number of azo groups is 1. The maximum atomic E-state index is 13.0. The number of rotatable bonds is 13. The van der Waals surface area contributed by atoms with Gasteiger partial charge in [0.25, 0.3) is 5.91 Å². The maximum Gasteiger partial charge on any atom is 0.258 e. The van der Waals surface area contributed by atoms with Crippen LogP contribution < -0.4 is 24.3 Å². The Kier molecular flexibility index (Phi) is 10.6. The number of para-hydroxylation sites is 1. The molecule has 0 aliphatic rings. The van der Waals surface area contributed by atoms with Gasteiger partial charge in [0.2, 0.25) is 6.04 Å². The van der Waals surface area contributed by atoms with Gasteiger partial charge in [0, 0.05) is 11.1 Å². The van der Waals surface area contributed by atoms with Gasteiger partial charge >= 0.3 is 0 Å². The lowest BCUT2D eigenvalue weighted by Gasteiger charge is -2.17. The van der Waals surface area contributed by atoms with E-state index < -0.39 is 17.7 Å². The summed E-state index contributed by atoms with van der Waals surface area (Å²) in [4.78, 5) is 25.3. The Balaban J connectivity index is 2.37. The summed E-state index contributed by atoms with van der Waals surface area (Å²) >= 11 is 6.19. The monoisotopic (exact) mass is 491 g/mol. The van der Waals surface area contributed by atoms with Crippen LogP contribution in [0.25, 0.3) is 0 Å². The molecule has 1 N–H and O–H groups in total. The summed E-state index contributed by atoms with van der Waals surface area (Å²) in [5.74, 6) is 0.374. The summed E-state index contributed by atoms with van der Waals surface area (Å²) < 4.78 is 22.5. The molecule has 10 heteroatoms. The highest BCUT2D eigenvalue weighted by Gasteiger charge is 2.26. The number of ketones is 1. The minimum absolute atomic E-state index is 0.262. The Morgan fingerprint density at radius 1 is 0.912 bits per heavy atom. The maximum absolute atomic E-state index is 13.0. The fourth-order valence-electron chi connectivity index (χ4n) is 3.00. The van der Waals surface area contributed by atoms with Crippen molar-refractivity contribution in [2.45, 2.75) is 40.7 Å². The Morgan fingerprint density at radius 3 is 2.15 bits per heavy atom. The third kappa shape index (κ3) is 7.08. The van der Waals surface area contributed by atoms with E-state index in [0.717, 1.165) is 0 Å². The number of anilines is 1. The topological polar surface area (TPSA) is 108 Å². The van der Waals surface area contributed by atoms with Crippen molar-refractivity contribution in [2.75, 3.05) is 31.7 Å². The van der Waals surface area contributed by atoms with E-state index in [0.29, 0.717) is 60.1 Å². The molecular formula is C24H30ClN3O6. The highest BCUT2D eigenvalue weighted by Crippen LogP contribution is 2.40. The normalized spacial score (nSPS) is 11.7. The summed E-state index contributed by atoms with van der Waals surface area (Å²) in [6, 6.07) is 6.82. The molecule has 0 saturated heterocycles. The second-order valence-corrected chi connectivity index (χ2v) is 7.27. The largest absolute Gasteiger partial charge is 0.490 e. The zero-order valence-corrected chi connectivity index (χ0v) is 20.8. The van der Waals surface area contributed by atoms with Crippen molar-refractivity contribution in [1.29, 1.82) is 0 Å². The lowest BCUT2D eigenvalue weighted by Crippen LogP contribution is -2.32. The van der Waals surface area contributed by atoms with Gasteiger partial charge in [0.1, 0.15) is 5.69 Å². The van der Waals surface area contributed by atoms with E-state index in [2.05, 4.69) is 15.5 Å². The van der Waals surface area contributed by atoms with Gasteiger partial charge in [-0.1, -0.05) is 17.7 Å². The van der Waals surface area contributed by atoms with Crippen molar-refractivity contribution in [3.63, 3.8) is 0 Å². The number of carbonyl (C=O) groups excluding carboxylic acids is 2. The first-order chi connectivity index (χ1) is 16.4. The first-order valence-electron chi connectivity index (χ1n) is 11.1. The lowest BCUT2D eigenvalue weighted by molar-refractivity contribution is -0.126. The van der Waals surface area contributed by atoms with Gasteiger partial charge in [-0.05, 0) is 52.8 Å². The molecule has 2 rings (SSSR count). The molecule has 0 bridgehead atoms. The summed E-state index contributed by atoms with van der Waals surface area (Å²) in [7, 11) is 0. The number of nitrogens with one attached hydrogen (secondary N) is 1. The van der Waals surface area contributed by atoms with Crippen molar-refractivity contribution in [3.8, 4) is 23.0 Å². The summed E-state index contributed by atoms with van der Waals surface area (Å²) in [5, 5.41) is 11.1. The van der Waals surface area contributed by atoms with Crippen molar-refractivity contribution in [3.05, 3.63) is 35.4 Å². The van der Waals surface area contributed by atoms with Crippen LogP contribution in [0.4, 0.5) is 11.4 Å². The van der Waals surface area contributed by atoms with E-state index in [9.17, 15) is 9.59 Å². The molecule has 34 heavy (non-hydrogen) atoms. The average molecular weight is 492 g/mol. The predicted molar refractivity (Wildman–Crippen MR) is 130 cm³/mol. The van der Waals surface area contributed by atoms with E-state index in [1.807, 2.05) is 20.8 Å².